The molecule has 1 aliphatic heterocycles. The molecule has 2 fully saturated rings. The fourth-order valence-electron chi connectivity index (χ4n) is 4.86. The third-order valence-electron chi connectivity index (χ3n) is 7.29. The Balaban J connectivity index is 0.000000339. The van der Waals surface area contributed by atoms with Gasteiger partial charge in [0, 0.05) is 26.2 Å². The lowest BCUT2D eigenvalue weighted by atomic mass is 9.86. The number of carbonyl (C=O) groups is 2. The summed E-state index contributed by atoms with van der Waals surface area (Å²) in [6.07, 6.45) is 7.03. The molecule has 0 aromatic heterocycles. The van der Waals surface area contributed by atoms with E-state index in [0.29, 0.717) is 12.0 Å². The number of rotatable bonds is 5. The molecule has 0 radical (unpaired) electrons. The van der Waals surface area contributed by atoms with Gasteiger partial charge in [-0.05, 0) is 61.1 Å². The molecule has 0 bridgehead atoms. The molecule has 1 heterocycles. The van der Waals surface area contributed by atoms with Gasteiger partial charge in [-0.2, -0.15) is 0 Å². The molecule has 1 saturated carbocycles. The highest BCUT2D eigenvalue weighted by atomic mass is 16.3. The zero-order valence-electron chi connectivity index (χ0n) is 23.7. The Morgan fingerprint density at radius 1 is 1.00 bits per heavy atom. The number of likely N-dealkylation sites (N-methyl/N-ethyl adjacent to an activating group) is 1. The van der Waals surface area contributed by atoms with E-state index in [1.54, 1.807) is 24.3 Å². The van der Waals surface area contributed by atoms with Crippen LogP contribution in [0.2, 0.25) is 0 Å². The number of phenolic OH excluding ortho intramolecular Hbond substituents is 1. The number of likely N-dealkylation sites (tertiary alicyclic amines) is 1. The Morgan fingerprint density at radius 3 is 2.11 bits per heavy atom. The lowest BCUT2D eigenvalue weighted by molar-refractivity contribution is -0.135. The summed E-state index contributed by atoms with van der Waals surface area (Å²) < 4.78 is 0. The van der Waals surface area contributed by atoms with Crippen LogP contribution in [0.25, 0.3) is 0 Å². The fourth-order valence-corrected chi connectivity index (χ4v) is 4.86. The molecule has 5 unspecified atom stereocenters. The lowest BCUT2D eigenvalue weighted by Gasteiger charge is -2.36. The SMILES string of the molecule is CC.CC1CCCC(N(C)C(=O)C(N)C(C)C)C1.CC1CCCN(C(=O)C(N)c2ccc(O)cc2)C1. The zero-order chi connectivity index (χ0) is 27.4. The lowest BCUT2D eigenvalue weighted by Crippen LogP contribution is -2.49. The molecule has 0 spiro atoms. The van der Waals surface area contributed by atoms with Crippen LogP contribution in [-0.4, -0.2) is 58.9 Å². The molecular weight excluding hydrogens is 452 g/mol. The second-order valence-electron chi connectivity index (χ2n) is 10.7. The molecule has 1 aliphatic carbocycles. The third kappa shape index (κ3) is 9.74. The smallest absolute Gasteiger partial charge is 0.244 e. The van der Waals surface area contributed by atoms with Gasteiger partial charge in [0.05, 0.1) is 6.04 Å². The van der Waals surface area contributed by atoms with Crippen LogP contribution in [0.5, 0.6) is 5.75 Å². The van der Waals surface area contributed by atoms with Crippen LogP contribution < -0.4 is 11.5 Å². The summed E-state index contributed by atoms with van der Waals surface area (Å²) in [5, 5.41) is 9.22. The van der Waals surface area contributed by atoms with Gasteiger partial charge in [-0.3, -0.25) is 9.59 Å². The van der Waals surface area contributed by atoms with Gasteiger partial charge in [-0.25, -0.2) is 0 Å². The van der Waals surface area contributed by atoms with Crippen LogP contribution in [0, 0.1) is 17.8 Å². The first-order valence-corrected chi connectivity index (χ1v) is 13.9. The third-order valence-corrected chi connectivity index (χ3v) is 7.29. The standard InChI is InChI=1S/C14H20N2O2.C13H26N2O.C2H6/c1-10-3-2-8-16(9-10)14(18)13(15)11-4-6-12(17)7-5-11;1-9(2)12(14)13(16)15(4)11-7-5-6-10(3)8-11;1-2/h4-7,10,13,17H,2-3,8-9,15H2,1H3;9-12H,5-8,14H2,1-4H3;1-2H3. The minimum absolute atomic E-state index is 0.0211. The number of hydrogen-bond acceptors (Lipinski definition) is 5. The van der Waals surface area contributed by atoms with E-state index in [0.717, 1.165) is 43.8 Å². The van der Waals surface area contributed by atoms with Crippen molar-refractivity contribution in [2.45, 2.75) is 98.2 Å². The minimum Gasteiger partial charge on any atom is -0.508 e. The maximum absolute atomic E-state index is 12.3. The Morgan fingerprint density at radius 2 is 1.58 bits per heavy atom. The molecule has 5 N–H and O–H groups in total. The molecule has 5 atom stereocenters. The van der Waals surface area contributed by atoms with Crippen molar-refractivity contribution >= 4 is 11.8 Å². The number of aromatic hydroxyl groups is 1. The summed E-state index contributed by atoms with van der Waals surface area (Å²) in [6.45, 7) is 14.0. The van der Waals surface area contributed by atoms with Crippen LogP contribution in [0.3, 0.4) is 0 Å². The first kappa shape index (κ1) is 31.9. The van der Waals surface area contributed by atoms with Gasteiger partial charge >= 0.3 is 0 Å². The van der Waals surface area contributed by atoms with Gasteiger partial charge in [0.15, 0.2) is 0 Å². The fraction of sp³-hybridized carbons (Fsp3) is 0.724. The molecule has 2 amide bonds. The Hall–Kier alpha value is -2.12. The number of hydrogen-bond donors (Lipinski definition) is 3. The minimum atomic E-state index is -0.629. The monoisotopic (exact) mass is 504 g/mol. The van der Waals surface area contributed by atoms with Crippen LogP contribution in [0.4, 0.5) is 0 Å². The number of phenols is 1. The predicted molar refractivity (Wildman–Crippen MR) is 148 cm³/mol. The van der Waals surface area contributed by atoms with Crippen molar-refractivity contribution in [2.24, 2.45) is 29.2 Å². The molecule has 1 aromatic rings. The molecule has 206 valence electrons. The summed E-state index contributed by atoms with van der Waals surface area (Å²) >= 11 is 0. The van der Waals surface area contributed by atoms with Crippen molar-refractivity contribution in [3.63, 3.8) is 0 Å². The predicted octanol–water partition coefficient (Wildman–Crippen LogP) is 4.68. The topological polar surface area (TPSA) is 113 Å². The van der Waals surface area contributed by atoms with E-state index >= 15 is 0 Å². The van der Waals surface area contributed by atoms with Gasteiger partial charge in [0.25, 0.3) is 0 Å². The van der Waals surface area contributed by atoms with Gasteiger partial charge in [-0.1, -0.05) is 66.5 Å². The Bertz CT molecular complexity index is 783. The number of amides is 2. The van der Waals surface area contributed by atoms with Crippen LogP contribution in [-0.2, 0) is 9.59 Å². The Labute approximate surface area is 219 Å². The van der Waals surface area contributed by atoms with Gasteiger partial charge in [-0.15, -0.1) is 0 Å². The first-order chi connectivity index (χ1) is 17.0. The van der Waals surface area contributed by atoms with E-state index in [9.17, 15) is 14.7 Å². The summed E-state index contributed by atoms with van der Waals surface area (Å²) in [5.41, 5.74) is 12.6. The van der Waals surface area contributed by atoms with Crippen molar-refractivity contribution < 1.29 is 14.7 Å². The van der Waals surface area contributed by atoms with E-state index < -0.39 is 6.04 Å². The molecule has 7 nitrogen and oxygen atoms in total. The highest BCUT2D eigenvalue weighted by Gasteiger charge is 2.29. The van der Waals surface area contributed by atoms with Crippen LogP contribution in [0.1, 0.15) is 91.7 Å². The van der Waals surface area contributed by atoms with E-state index in [-0.39, 0.29) is 29.5 Å². The number of nitrogens with two attached hydrogens (primary N) is 2. The average molecular weight is 505 g/mol. The Kier molecular flexibility index (Phi) is 14.1. The van der Waals surface area contributed by atoms with E-state index in [2.05, 4.69) is 13.8 Å². The maximum Gasteiger partial charge on any atom is 0.244 e. The molecule has 1 aromatic carbocycles. The van der Waals surface area contributed by atoms with Gasteiger partial charge in [0.2, 0.25) is 11.8 Å². The van der Waals surface area contributed by atoms with Crippen molar-refractivity contribution in [2.75, 3.05) is 20.1 Å². The zero-order valence-corrected chi connectivity index (χ0v) is 23.7. The van der Waals surface area contributed by atoms with Gasteiger partial charge < -0.3 is 26.4 Å². The molecule has 7 heteroatoms. The summed E-state index contributed by atoms with van der Waals surface area (Å²) in [5.74, 6) is 1.78. The number of piperidine rings is 1. The molecule has 36 heavy (non-hydrogen) atoms. The second kappa shape index (κ2) is 15.9. The van der Waals surface area contributed by atoms with Crippen molar-refractivity contribution in [1.29, 1.82) is 0 Å². The molecule has 3 rings (SSSR count). The van der Waals surface area contributed by atoms with E-state index in [1.165, 1.54) is 19.3 Å². The number of carbonyl (C=O) groups excluding carboxylic acids is 2. The number of nitrogens with zero attached hydrogens (tertiary/aromatic N) is 2. The normalized spacial score (nSPS) is 23.4. The largest absolute Gasteiger partial charge is 0.508 e. The van der Waals surface area contributed by atoms with Crippen molar-refractivity contribution in [3.8, 4) is 5.75 Å². The van der Waals surface area contributed by atoms with Crippen LogP contribution >= 0.6 is 0 Å². The van der Waals surface area contributed by atoms with Gasteiger partial charge in [0.1, 0.15) is 11.8 Å². The van der Waals surface area contributed by atoms with E-state index in [4.69, 9.17) is 11.5 Å². The van der Waals surface area contributed by atoms with Crippen LogP contribution in [0.15, 0.2) is 24.3 Å². The average Bonchev–Trinajstić information content (AvgIpc) is 2.88. The van der Waals surface area contributed by atoms with E-state index in [1.807, 2.05) is 44.5 Å². The number of benzene rings is 1. The summed E-state index contributed by atoms with van der Waals surface area (Å²) in [4.78, 5) is 28.1. The highest BCUT2D eigenvalue weighted by Crippen LogP contribution is 2.27. The highest BCUT2D eigenvalue weighted by molar-refractivity contribution is 5.83. The summed E-state index contributed by atoms with van der Waals surface area (Å²) in [7, 11) is 1.91. The molecule has 2 aliphatic rings. The first-order valence-electron chi connectivity index (χ1n) is 13.9. The van der Waals surface area contributed by atoms with Crippen molar-refractivity contribution in [1.82, 2.24) is 9.80 Å². The molecule has 1 saturated heterocycles. The van der Waals surface area contributed by atoms with Crippen molar-refractivity contribution in [3.05, 3.63) is 29.8 Å². The second-order valence-corrected chi connectivity index (χ2v) is 10.7. The summed E-state index contributed by atoms with van der Waals surface area (Å²) in [6, 6.07) is 5.94. The quantitative estimate of drug-likeness (QED) is 0.539. The maximum atomic E-state index is 12.3. The molecular formula is C29H52N4O3.